The first-order chi connectivity index (χ1) is 33.5. The van der Waals surface area contributed by atoms with Crippen molar-refractivity contribution in [1.82, 2.24) is 5.32 Å². The minimum atomic E-state index is -7.14. The molecule has 0 aromatic heterocycles. The third kappa shape index (κ3) is 20.5. The number of hydrogen-bond donors (Lipinski definition) is 1. The summed E-state index contributed by atoms with van der Waals surface area (Å²) < 4.78 is 292. The van der Waals surface area contributed by atoms with Crippen LogP contribution in [0.3, 0.4) is 0 Å². The fourth-order valence-corrected chi connectivity index (χ4v) is 4.47. The lowest BCUT2D eigenvalue weighted by atomic mass is 9.86. The molecule has 0 fully saturated rings. The Kier molecular flexibility index (Phi) is 25.0. The molecule has 0 aromatic carbocycles. The lowest BCUT2D eigenvalue weighted by Crippen LogP contribution is -2.60. The maximum atomic E-state index is 14.3. The normalized spacial score (nSPS) is 14.1. The van der Waals surface area contributed by atoms with Gasteiger partial charge in [-0.1, -0.05) is 33.2 Å². The molecule has 0 spiro atoms. The van der Waals surface area contributed by atoms with E-state index in [1.54, 1.807) is 5.32 Å². The van der Waals surface area contributed by atoms with E-state index in [0.29, 0.717) is 12.2 Å². The largest absolute Gasteiger partial charge is 0.462 e. The summed E-state index contributed by atoms with van der Waals surface area (Å²) in [6.07, 6.45) is -38.2. The molecule has 0 aromatic rings. The van der Waals surface area contributed by atoms with E-state index in [1.807, 2.05) is 0 Å². The van der Waals surface area contributed by atoms with Crippen LogP contribution >= 0.6 is 0 Å². The summed E-state index contributed by atoms with van der Waals surface area (Å²) in [4.78, 5) is 69.7. The van der Waals surface area contributed by atoms with Gasteiger partial charge in [-0.15, -0.1) is 0 Å². The SMILES string of the molecule is C=CC(=O)OCC(C)(CCCC(=O)OCC(F)(F)C(F)(F)C(F)(F)OC(F)C(F)(F)OCCOC(F)(F)C(F)OC(F)(F)C(F)(F)C(F)(F)COC(=O)NC(C)(COC(=O)C=C)COC(=O)C=C)COC(=O)C=C. The molecule has 2 atom stereocenters. The molecule has 0 saturated carbocycles. The fraction of sp³-hybridized carbons (Fsp3) is 0.641. The average molecular weight is 1120 g/mol. The number of alkyl halides is 18. The van der Waals surface area contributed by atoms with Crippen LogP contribution in [0.4, 0.5) is 83.8 Å². The Hall–Kier alpha value is -5.84. The molecule has 0 radical (unpaired) electrons. The van der Waals surface area contributed by atoms with E-state index in [4.69, 9.17) is 9.47 Å². The number of carbonyl (C=O) groups is 6. The zero-order valence-corrected chi connectivity index (χ0v) is 37.9. The maximum absolute atomic E-state index is 14.3. The number of nitrogens with one attached hydrogen (secondary N) is 1. The van der Waals surface area contributed by atoms with Crippen molar-refractivity contribution < 1.29 is 155 Å². The second-order valence-electron chi connectivity index (χ2n) is 15.1. The monoisotopic (exact) mass is 1120 g/mol. The van der Waals surface area contributed by atoms with Crippen LogP contribution in [-0.2, 0) is 71.3 Å². The van der Waals surface area contributed by atoms with Crippen LogP contribution in [0.1, 0.15) is 33.1 Å². The Balaban J connectivity index is 5.55. The molecule has 1 amide bonds. The Morgan fingerprint density at radius 2 is 0.811 bits per heavy atom. The van der Waals surface area contributed by atoms with Gasteiger partial charge in [-0.05, 0) is 19.8 Å². The van der Waals surface area contributed by atoms with Crippen molar-refractivity contribution in [1.29, 1.82) is 0 Å². The molecule has 0 heterocycles. The number of carbonyl (C=O) groups excluding carboxylic acids is 6. The lowest BCUT2D eigenvalue weighted by molar-refractivity contribution is -0.458. The number of hydrogen-bond acceptors (Lipinski definition) is 16. The lowest BCUT2D eigenvalue weighted by Gasteiger charge is -2.34. The van der Waals surface area contributed by atoms with Crippen molar-refractivity contribution in [2.45, 2.75) is 99.5 Å². The molecular weight excluding hydrogens is 1080 g/mol. The maximum Gasteiger partial charge on any atom is 0.428 e. The van der Waals surface area contributed by atoms with Crippen molar-refractivity contribution in [2.75, 3.05) is 52.9 Å². The highest BCUT2D eigenvalue weighted by molar-refractivity contribution is 5.82. The first-order valence-electron chi connectivity index (χ1n) is 19.7. The molecule has 1 N–H and O–H groups in total. The molecule has 0 saturated heterocycles. The predicted octanol–water partition coefficient (Wildman–Crippen LogP) is 7.68. The van der Waals surface area contributed by atoms with Crippen molar-refractivity contribution in [2.24, 2.45) is 5.41 Å². The molecule has 17 nitrogen and oxygen atoms in total. The first kappa shape index (κ1) is 68.2. The molecule has 0 aliphatic rings. The van der Waals surface area contributed by atoms with Gasteiger partial charge < -0.3 is 43.2 Å². The van der Waals surface area contributed by atoms with Crippen LogP contribution in [0.5, 0.6) is 0 Å². The average Bonchev–Trinajstić information content (AvgIpc) is 3.30. The van der Waals surface area contributed by atoms with E-state index in [1.165, 1.54) is 6.92 Å². The van der Waals surface area contributed by atoms with Gasteiger partial charge in [0.2, 0.25) is 0 Å². The van der Waals surface area contributed by atoms with Gasteiger partial charge >= 0.3 is 84.1 Å². The van der Waals surface area contributed by atoms with E-state index in [9.17, 15) is 108 Å². The molecule has 426 valence electrons. The van der Waals surface area contributed by atoms with E-state index < -0.39 is 173 Å². The zero-order chi connectivity index (χ0) is 58.0. The van der Waals surface area contributed by atoms with E-state index >= 15 is 0 Å². The van der Waals surface area contributed by atoms with Crippen LogP contribution in [0.15, 0.2) is 50.6 Å². The number of halogens is 18. The van der Waals surface area contributed by atoms with Crippen molar-refractivity contribution in [3.05, 3.63) is 50.6 Å². The van der Waals surface area contributed by atoms with Crippen molar-refractivity contribution in [3.8, 4) is 0 Å². The van der Waals surface area contributed by atoms with Gasteiger partial charge in [-0.2, -0.15) is 70.2 Å². The quantitative estimate of drug-likeness (QED) is 0.0210. The Morgan fingerprint density at radius 1 is 0.486 bits per heavy atom. The van der Waals surface area contributed by atoms with Gasteiger partial charge in [-0.25, -0.2) is 32.8 Å². The Morgan fingerprint density at radius 3 is 1.15 bits per heavy atom. The van der Waals surface area contributed by atoms with E-state index in [-0.39, 0.29) is 6.42 Å². The van der Waals surface area contributed by atoms with Gasteiger partial charge in [0, 0.05) is 36.1 Å². The smallest absolute Gasteiger partial charge is 0.428 e. The summed E-state index contributed by atoms with van der Waals surface area (Å²) >= 11 is 0. The van der Waals surface area contributed by atoms with Crippen LogP contribution in [-0.4, -0.2) is 155 Å². The van der Waals surface area contributed by atoms with Crippen LogP contribution in [0.25, 0.3) is 0 Å². The molecule has 2 unspecified atom stereocenters. The third-order valence-electron chi connectivity index (χ3n) is 8.58. The van der Waals surface area contributed by atoms with E-state index in [2.05, 4.69) is 64.2 Å². The minimum Gasteiger partial charge on any atom is -0.462 e. The molecule has 0 aliphatic carbocycles. The third-order valence-corrected chi connectivity index (χ3v) is 8.58. The standard InChI is InChI=1S/C39H43F18NO16/c1-7-22(59)65-16-30(5,17-66-23(60)8-2)13-11-12-26(63)69-20-32(42,43)36(50,51)38(54,55)73-27(40)34(46,47)71-14-15-72-35(48,49)28(41)74-39(56,57)37(52,53)33(44,45)21-70-29(64)58-31(6,18-67-24(61)9-3)19-68-25(62)10-4/h7-10,27-28H,1-4,11-21H2,5-6H3,(H,58,64). The minimum absolute atomic E-state index is 0.277. The van der Waals surface area contributed by atoms with Crippen LogP contribution in [0, 0.1) is 5.41 Å². The Labute approximate surface area is 404 Å². The Bertz CT molecular complexity index is 1930. The van der Waals surface area contributed by atoms with Gasteiger partial charge in [0.25, 0.3) is 12.7 Å². The van der Waals surface area contributed by atoms with Crippen molar-refractivity contribution >= 4 is 35.9 Å². The molecule has 74 heavy (non-hydrogen) atoms. The van der Waals surface area contributed by atoms with Crippen LogP contribution in [0.2, 0.25) is 0 Å². The summed E-state index contributed by atoms with van der Waals surface area (Å²) in [5.41, 5.74) is -3.49. The second-order valence-corrected chi connectivity index (χ2v) is 15.1. The number of alkyl carbamates (subject to hydrolysis) is 1. The molecule has 0 bridgehead atoms. The molecule has 35 heteroatoms. The number of ether oxygens (including phenoxy) is 10. The topological polar surface area (TPSA) is 207 Å². The van der Waals surface area contributed by atoms with Gasteiger partial charge in [0.15, 0.2) is 13.2 Å². The van der Waals surface area contributed by atoms with Gasteiger partial charge in [0.05, 0.1) is 13.2 Å². The number of rotatable bonds is 36. The van der Waals surface area contributed by atoms with Crippen molar-refractivity contribution in [3.63, 3.8) is 0 Å². The summed E-state index contributed by atoms with van der Waals surface area (Å²) in [5.74, 6) is -33.0. The summed E-state index contributed by atoms with van der Waals surface area (Å²) in [7, 11) is 0. The van der Waals surface area contributed by atoms with Gasteiger partial charge in [0.1, 0.15) is 32.0 Å². The summed E-state index contributed by atoms with van der Waals surface area (Å²) in [6.45, 7) is 0.512. The number of amides is 1. The summed E-state index contributed by atoms with van der Waals surface area (Å²) in [5, 5.41) is 1.59. The van der Waals surface area contributed by atoms with E-state index in [0.717, 1.165) is 19.1 Å². The highest BCUT2D eigenvalue weighted by Gasteiger charge is 2.76. The second kappa shape index (κ2) is 27.1. The number of esters is 5. The zero-order valence-electron chi connectivity index (χ0n) is 37.9. The van der Waals surface area contributed by atoms with Crippen LogP contribution < -0.4 is 5.32 Å². The fourth-order valence-electron chi connectivity index (χ4n) is 4.47. The summed E-state index contributed by atoms with van der Waals surface area (Å²) in [6, 6.07) is 0. The molecule has 0 aliphatic heterocycles. The highest BCUT2D eigenvalue weighted by atomic mass is 19.4. The predicted molar refractivity (Wildman–Crippen MR) is 204 cm³/mol. The molecule has 0 rings (SSSR count). The van der Waals surface area contributed by atoms with Gasteiger partial charge in [-0.3, -0.25) is 14.3 Å². The highest BCUT2D eigenvalue weighted by Crippen LogP contribution is 2.50. The first-order valence-corrected chi connectivity index (χ1v) is 19.7. The molecular formula is C39H43F18NO16.